The summed E-state index contributed by atoms with van der Waals surface area (Å²) in [7, 11) is 0. The monoisotopic (exact) mass is 396 g/mol. The number of hydrogen-bond acceptors (Lipinski definition) is 5. The number of rotatable bonds is 4. The van der Waals surface area contributed by atoms with Crippen molar-refractivity contribution in [3.05, 3.63) is 92.1 Å². The van der Waals surface area contributed by atoms with Gasteiger partial charge in [0.1, 0.15) is 17.1 Å². The van der Waals surface area contributed by atoms with Crippen molar-refractivity contribution in [3.63, 3.8) is 0 Å². The highest BCUT2D eigenvalue weighted by Crippen LogP contribution is 2.28. The van der Waals surface area contributed by atoms with E-state index in [1.807, 2.05) is 41.8 Å². The highest BCUT2D eigenvalue weighted by molar-refractivity contribution is 7.12. The summed E-state index contributed by atoms with van der Waals surface area (Å²) >= 11 is 7.22. The summed E-state index contributed by atoms with van der Waals surface area (Å²) in [5.74, 6) is -0.443. The van der Waals surface area contributed by atoms with Gasteiger partial charge in [-0.25, -0.2) is 9.78 Å². The SMILES string of the molecule is O=C(OCc1cc(=O)n2cc(Cl)ccc2n1)c1sccc1-c1ccccc1. The molecule has 1 aromatic carbocycles. The Morgan fingerprint density at radius 2 is 1.96 bits per heavy atom. The number of benzene rings is 1. The zero-order chi connectivity index (χ0) is 18.8. The Morgan fingerprint density at radius 1 is 1.15 bits per heavy atom. The van der Waals surface area contributed by atoms with Gasteiger partial charge in [0.15, 0.2) is 0 Å². The molecule has 5 nitrogen and oxygen atoms in total. The number of ether oxygens (including phenoxy) is 1. The topological polar surface area (TPSA) is 60.7 Å². The predicted octanol–water partition coefficient (Wildman–Crippen LogP) is 4.43. The minimum Gasteiger partial charge on any atom is -0.455 e. The third-order valence-corrected chi connectivity index (χ3v) is 5.08. The van der Waals surface area contributed by atoms with Crippen LogP contribution in [-0.2, 0) is 11.3 Å². The zero-order valence-electron chi connectivity index (χ0n) is 14.0. The number of pyridine rings is 1. The molecular formula is C20H13ClN2O3S. The first-order valence-corrected chi connectivity index (χ1v) is 9.35. The molecular weight excluding hydrogens is 384 g/mol. The van der Waals surface area contributed by atoms with Crippen molar-refractivity contribution < 1.29 is 9.53 Å². The van der Waals surface area contributed by atoms with Crippen molar-refractivity contribution in [3.8, 4) is 11.1 Å². The van der Waals surface area contributed by atoms with Crippen LogP contribution in [0.1, 0.15) is 15.4 Å². The average molecular weight is 397 g/mol. The molecule has 3 heterocycles. The van der Waals surface area contributed by atoms with Crippen molar-refractivity contribution >= 4 is 34.6 Å². The van der Waals surface area contributed by atoms with E-state index < -0.39 is 5.97 Å². The molecule has 0 aliphatic carbocycles. The van der Waals surface area contributed by atoms with Crippen LogP contribution >= 0.6 is 22.9 Å². The van der Waals surface area contributed by atoms with Gasteiger partial charge in [-0.05, 0) is 29.1 Å². The van der Waals surface area contributed by atoms with Crippen molar-refractivity contribution in [2.75, 3.05) is 0 Å². The fraction of sp³-hybridized carbons (Fsp3) is 0.0500. The lowest BCUT2D eigenvalue weighted by molar-refractivity contribution is 0.0474. The van der Waals surface area contributed by atoms with Crippen LogP contribution in [0.2, 0.25) is 5.02 Å². The maximum Gasteiger partial charge on any atom is 0.349 e. The van der Waals surface area contributed by atoms with Crippen molar-refractivity contribution in [1.82, 2.24) is 9.38 Å². The smallest absolute Gasteiger partial charge is 0.349 e. The van der Waals surface area contributed by atoms with Gasteiger partial charge >= 0.3 is 5.97 Å². The molecule has 4 rings (SSSR count). The van der Waals surface area contributed by atoms with E-state index >= 15 is 0 Å². The third-order valence-electron chi connectivity index (χ3n) is 3.96. The van der Waals surface area contributed by atoms with Crippen LogP contribution in [0.15, 0.2) is 71.0 Å². The first-order valence-electron chi connectivity index (χ1n) is 8.10. The summed E-state index contributed by atoms with van der Waals surface area (Å²) < 4.78 is 6.74. The van der Waals surface area contributed by atoms with E-state index in [-0.39, 0.29) is 12.2 Å². The molecule has 0 saturated carbocycles. The Kier molecular flexibility index (Phi) is 4.75. The molecule has 0 N–H and O–H groups in total. The molecule has 134 valence electrons. The van der Waals surface area contributed by atoms with Gasteiger partial charge in [-0.2, -0.15) is 0 Å². The van der Waals surface area contributed by atoms with Crippen LogP contribution in [0.3, 0.4) is 0 Å². The van der Waals surface area contributed by atoms with Gasteiger partial charge in [0.25, 0.3) is 5.56 Å². The summed E-state index contributed by atoms with van der Waals surface area (Å²) in [5, 5.41) is 2.29. The predicted molar refractivity (Wildman–Crippen MR) is 105 cm³/mol. The molecule has 7 heteroatoms. The number of halogens is 1. The molecule has 0 radical (unpaired) electrons. The molecule has 0 atom stereocenters. The van der Waals surface area contributed by atoms with Crippen LogP contribution in [0.5, 0.6) is 0 Å². The molecule has 27 heavy (non-hydrogen) atoms. The van der Waals surface area contributed by atoms with Crippen LogP contribution in [0, 0.1) is 0 Å². The normalized spacial score (nSPS) is 10.9. The van der Waals surface area contributed by atoms with E-state index in [0.717, 1.165) is 11.1 Å². The second kappa shape index (κ2) is 7.34. The van der Waals surface area contributed by atoms with Gasteiger partial charge < -0.3 is 4.74 Å². The molecule has 0 unspecified atom stereocenters. The Hall–Kier alpha value is -2.96. The molecule has 0 saturated heterocycles. The number of esters is 1. The number of thiophene rings is 1. The van der Waals surface area contributed by atoms with Gasteiger partial charge in [-0.15, -0.1) is 11.3 Å². The maximum absolute atomic E-state index is 12.5. The fourth-order valence-electron chi connectivity index (χ4n) is 2.72. The van der Waals surface area contributed by atoms with Crippen LogP contribution in [0.25, 0.3) is 16.8 Å². The van der Waals surface area contributed by atoms with Gasteiger partial charge in [-0.3, -0.25) is 9.20 Å². The van der Waals surface area contributed by atoms with Crippen LogP contribution in [-0.4, -0.2) is 15.4 Å². The maximum atomic E-state index is 12.5. The second-order valence-corrected chi connectivity index (χ2v) is 7.12. The molecule has 0 bridgehead atoms. The minimum atomic E-state index is -0.443. The minimum absolute atomic E-state index is 0.0840. The number of carbonyl (C=O) groups is 1. The van der Waals surface area contributed by atoms with Crippen LogP contribution in [0.4, 0.5) is 0 Å². The Morgan fingerprint density at radius 3 is 2.78 bits per heavy atom. The largest absolute Gasteiger partial charge is 0.455 e. The van der Waals surface area contributed by atoms with Gasteiger partial charge in [0.2, 0.25) is 0 Å². The summed E-state index contributed by atoms with van der Waals surface area (Å²) in [6.45, 7) is -0.0840. The lowest BCUT2D eigenvalue weighted by Crippen LogP contribution is -2.16. The van der Waals surface area contributed by atoms with Crippen molar-refractivity contribution in [2.45, 2.75) is 6.61 Å². The lowest BCUT2D eigenvalue weighted by atomic mass is 10.1. The number of fused-ring (bicyclic) bond motifs is 1. The van der Waals surface area contributed by atoms with E-state index in [1.165, 1.54) is 28.0 Å². The molecule has 0 aliphatic heterocycles. The number of aromatic nitrogens is 2. The molecule has 0 fully saturated rings. The first-order chi connectivity index (χ1) is 13.1. The zero-order valence-corrected chi connectivity index (χ0v) is 15.5. The Balaban J connectivity index is 1.56. The van der Waals surface area contributed by atoms with Gasteiger partial charge in [-0.1, -0.05) is 41.9 Å². The van der Waals surface area contributed by atoms with E-state index in [9.17, 15) is 9.59 Å². The van der Waals surface area contributed by atoms with E-state index in [0.29, 0.717) is 21.2 Å². The summed E-state index contributed by atoms with van der Waals surface area (Å²) in [5.41, 5.74) is 2.32. The third kappa shape index (κ3) is 3.63. The van der Waals surface area contributed by atoms with E-state index in [2.05, 4.69) is 4.98 Å². The highest BCUT2D eigenvalue weighted by atomic mass is 35.5. The summed E-state index contributed by atoms with van der Waals surface area (Å²) in [6.07, 6.45) is 1.50. The Bertz CT molecular complexity index is 1180. The van der Waals surface area contributed by atoms with E-state index in [4.69, 9.17) is 16.3 Å². The van der Waals surface area contributed by atoms with E-state index in [1.54, 1.807) is 12.1 Å². The molecule has 0 spiro atoms. The fourth-order valence-corrected chi connectivity index (χ4v) is 3.69. The second-order valence-electron chi connectivity index (χ2n) is 5.77. The van der Waals surface area contributed by atoms with Crippen molar-refractivity contribution in [2.24, 2.45) is 0 Å². The summed E-state index contributed by atoms with van der Waals surface area (Å²) in [4.78, 5) is 29.6. The quantitative estimate of drug-likeness (QED) is 0.479. The molecule has 0 amide bonds. The first kappa shape index (κ1) is 17.5. The molecule has 0 aliphatic rings. The number of carbonyl (C=O) groups excluding carboxylic acids is 1. The highest BCUT2D eigenvalue weighted by Gasteiger charge is 2.16. The Labute approximate surface area is 163 Å². The van der Waals surface area contributed by atoms with Gasteiger partial charge in [0, 0.05) is 17.8 Å². The van der Waals surface area contributed by atoms with Gasteiger partial charge in [0.05, 0.1) is 10.7 Å². The number of nitrogens with zero attached hydrogens (tertiary/aromatic N) is 2. The average Bonchev–Trinajstić information content (AvgIpc) is 3.17. The molecule has 4 aromatic rings. The lowest BCUT2D eigenvalue weighted by Gasteiger charge is -2.07. The summed E-state index contributed by atoms with van der Waals surface area (Å²) in [6, 6.07) is 16.2. The molecule has 3 aromatic heterocycles. The van der Waals surface area contributed by atoms with Crippen LogP contribution < -0.4 is 5.56 Å². The number of hydrogen-bond donors (Lipinski definition) is 0. The standard InChI is InChI=1S/C20H13ClN2O3S/c21-14-6-7-17-22-15(10-18(24)23(17)11-14)12-26-20(25)19-16(8-9-27-19)13-4-2-1-3-5-13/h1-11H,12H2. The van der Waals surface area contributed by atoms with Crippen molar-refractivity contribution in [1.29, 1.82) is 0 Å².